The van der Waals surface area contributed by atoms with Crippen molar-refractivity contribution in [1.29, 1.82) is 0 Å². The smallest absolute Gasteiger partial charge is 0.336 e. The minimum absolute atomic E-state index is 0.292. The first kappa shape index (κ1) is 22.1. The van der Waals surface area contributed by atoms with Gasteiger partial charge in [-0.25, -0.2) is 4.79 Å². The van der Waals surface area contributed by atoms with Crippen LogP contribution in [-0.4, -0.2) is 24.0 Å². The predicted molar refractivity (Wildman–Crippen MR) is 114 cm³/mol. The van der Waals surface area contributed by atoms with E-state index >= 15 is 0 Å². The fraction of sp³-hybridized carbons (Fsp3) is 0.292. The normalized spacial score (nSPS) is 12.8. The average molecular weight is 422 g/mol. The standard InChI is InChI=1S/C24H25NO6/c1-3-4-10-20(24(28)29)25-23(27)15(2)30-17-11-12-18-19(16-8-6-5-7-9-16)14-22(26)31-21(18)13-17/h5-9,11-15,20H,3-4,10H2,1-2H3,(H,25,27)(H,28,29)/p-1/t15-,20+/m0/s1. The zero-order chi connectivity index (χ0) is 22.4. The Kier molecular flexibility index (Phi) is 7.07. The maximum Gasteiger partial charge on any atom is 0.336 e. The Balaban J connectivity index is 1.80. The van der Waals surface area contributed by atoms with Gasteiger partial charge in [-0.2, -0.15) is 0 Å². The van der Waals surface area contributed by atoms with E-state index in [4.69, 9.17) is 9.15 Å². The number of hydrogen-bond donors (Lipinski definition) is 1. The predicted octanol–water partition coefficient (Wildman–Crippen LogP) is 2.65. The van der Waals surface area contributed by atoms with Crippen LogP contribution in [0.4, 0.5) is 0 Å². The van der Waals surface area contributed by atoms with Gasteiger partial charge in [-0.1, -0.05) is 50.1 Å². The van der Waals surface area contributed by atoms with Crippen molar-refractivity contribution in [2.24, 2.45) is 0 Å². The van der Waals surface area contributed by atoms with Gasteiger partial charge >= 0.3 is 5.63 Å². The van der Waals surface area contributed by atoms with Gasteiger partial charge in [-0.05, 0) is 36.6 Å². The van der Waals surface area contributed by atoms with E-state index in [2.05, 4.69) is 5.32 Å². The van der Waals surface area contributed by atoms with E-state index < -0.39 is 29.6 Å². The molecular formula is C24H24NO6-. The van der Waals surface area contributed by atoms with Crippen molar-refractivity contribution in [3.63, 3.8) is 0 Å². The molecule has 0 aliphatic heterocycles. The number of amides is 1. The van der Waals surface area contributed by atoms with Crippen molar-refractivity contribution in [2.75, 3.05) is 0 Å². The maximum atomic E-state index is 12.4. The molecule has 0 bridgehead atoms. The van der Waals surface area contributed by atoms with E-state index in [0.29, 0.717) is 24.2 Å². The molecule has 0 radical (unpaired) electrons. The second kappa shape index (κ2) is 9.93. The Labute approximate surface area is 179 Å². The number of fused-ring (bicyclic) bond motifs is 1. The molecule has 0 saturated heterocycles. The van der Waals surface area contributed by atoms with Crippen molar-refractivity contribution in [3.8, 4) is 16.9 Å². The van der Waals surface area contributed by atoms with E-state index in [1.54, 1.807) is 18.2 Å². The number of aliphatic carboxylic acids is 1. The summed E-state index contributed by atoms with van der Waals surface area (Å²) in [6, 6.07) is 14.8. The van der Waals surface area contributed by atoms with Gasteiger partial charge in [0, 0.05) is 17.5 Å². The molecule has 3 rings (SSSR count). The number of carbonyl (C=O) groups is 2. The van der Waals surface area contributed by atoms with Crippen LogP contribution in [0.15, 0.2) is 63.8 Å². The number of carboxylic acids is 1. The zero-order valence-electron chi connectivity index (χ0n) is 17.4. The number of nitrogens with one attached hydrogen (secondary N) is 1. The minimum Gasteiger partial charge on any atom is -0.548 e. The molecule has 2 aromatic carbocycles. The first-order chi connectivity index (χ1) is 14.9. The van der Waals surface area contributed by atoms with Crippen LogP contribution in [0, 0.1) is 0 Å². The number of hydrogen-bond acceptors (Lipinski definition) is 6. The van der Waals surface area contributed by atoms with Crippen molar-refractivity contribution < 1.29 is 23.8 Å². The summed E-state index contributed by atoms with van der Waals surface area (Å²) >= 11 is 0. The van der Waals surface area contributed by atoms with E-state index in [0.717, 1.165) is 22.9 Å². The number of carboxylic acid groups (broad SMARTS) is 1. The summed E-state index contributed by atoms with van der Waals surface area (Å²) in [6.07, 6.45) is 0.798. The van der Waals surface area contributed by atoms with E-state index in [-0.39, 0.29) is 0 Å². The van der Waals surface area contributed by atoms with Crippen molar-refractivity contribution in [2.45, 2.75) is 45.3 Å². The van der Waals surface area contributed by atoms with Crippen LogP contribution in [0.2, 0.25) is 0 Å². The highest BCUT2D eigenvalue weighted by molar-refractivity contribution is 5.93. The lowest BCUT2D eigenvalue weighted by molar-refractivity contribution is -0.308. The Hall–Kier alpha value is -3.61. The van der Waals surface area contributed by atoms with Crippen LogP contribution >= 0.6 is 0 Å². The van der Waals surface area contributed by atoms with Crippen LogP contribution in [0.5, 0.6) is 5.75 Å². The largest absolute Gasteiger partial charge is 0.548 e. The van der Waals surface area contributed by atoms with Gasteiger partial charge in [0.15, 0.2) is 6.10 Å². The third-order valence-corrected chi connectivity index (χ3v) is 4.93. The first-order valence-corrected chi connectivity index (χ1v) is 10.2. The molecule has 0 aliphatic carbocycles. The lowest BCUT2D eigenvalue weighted by Crippen LogP contribution is -2.51. The van der Waals surface area contributed by atoms with E-state index in [9.17, 15) is 19.5 Å². The third kappa shape index (κ3) is 5.51. The number of carbonyl (C=O) groups excluding carboxylic acids is 2. The quantitative estimate of drug-likeness (QED) is 0.531. The summed E-state index contributed by atoms with van der Waals surface area (Å²) < 4.78 is 11.0. The highest BCUT2D eigenvalue weighted by atomic mass is 16.5. The van der Waals surface area contributed by atoms with Crippen LogP contribution < -0.4 is 20.8 Å². The van der Waals surface area contributed by atoms with Gasteiger partial charge in [0.05, 0.1) is 12.0 Å². The SMILES string of the molecule is CCCC[C@@H](NC(=O)[C@H](C)Oc1ccc2c(-c3ccccc3)cc(=O)oc2c1)C(=O)[O-]. The Morgan fingerprint density at radius 3 is 2.55 bits per heavy atom. The van der Waals surface area contributed by atoms with Crippen LogP contribution in [0.1, 0.15) is 33.1 Å². The second-order valence-corrected chi connectivity index (χ2v) is 7.29. The van der Waals surface area contributed by atoms with Crippen LogP contribution in [0.25, 0.3) is 22.1 Å². The number of unbranched alkanes of at least 4 members (excludes halogenated alkanes) is 1. The topological polar surface area (TPSA) is 109 Å². The van der Waals surface area contributed by atoms with Gasteiger partial charge in [0.2, 0.25) is 0 Å². The number of benzene rings is 2. The highest BCUT2D eigenvalue weighted by Gasteiger charge is 2.20. The van der Waals surface area contributed by atoms with E-state index in [1.165, 1.54) is 13.0 Å². The summed E-state index contributed by atoms with van der Waals surface area (Å²) in [4.78, 5) is 35.7. The maximum absolute atomic E-state index is 12.4. The lowest BCUT2D eigenvalue weighted by atomic mass is 10.0. The van der Waals surface area contributed by atoms with Gasteiger partial charge in [0.1, 0.15) is 11.3 Å². The molecule has 0 unspecified atom stereocenters. The summed E-state index contributed by atoms with van der Waals surface area (Å²) in [6.45, 7) is 3.45. The van der Waals surface area contributed by atoms with Crippen LogP contribution in [-0.2, 0) is 9.59 Å². The Morgan fingerprint density at radius 1 is 1.13 bits per heavy atom. The molecule has 1 amide bonds. The molecule has 3 aromatic rings. The first-order valence-electron chi connectivity index (χ1n) is 10.2. The summed E-state index contributed by atoms with van der Waals surface area (Å²) in [7, 11) is 0. The van der Waals surface area contributed by atoms with Crippen LogP contribution in [0.3, 0.4) is 0 Å². The minimum atomic E-state index is -1.32. The third-order valence-electron chi connectivity index (χ3n) is 4.93. The molecule has 2 atom stereocenters. The Bertz CT molecular complexity index is 1120. The second-order valence-electron chi connectivity index (χ2n) is 7.29. The zero-order valence-corrected chi connectivity index (χ0v) is 17.4. The molecule has 7 nitrogen and oxygen atoms in total. The summed E-state index contributed by atoms with van der Waals surface area (Å²) in [5.74, 6) is -1.57. The fourth-order valence-corrected chi connectivity index (χ4v) is 3.28. The lowest BCUT2D eigenvalue weighted by Gasteiger charge is -2.22. The van der Waals surface area contributed by atoms with E-state index in [1.807, 2.05) is 37.3 Å². The molecule has 162 valence electrons. The molecule has 1 N–H and O–H groups in total. The molecule has 1 heterocycles. The van der Waals surface area contributed by atoms with Gasteiger partial charge in [0.25, 0.3) is 5.91 Å². The van der Waals surface area contributed by atoms with Crippen molar-refractivity contribution in [1.82, 2.24) is 5.32 Å². The monoisotopic (exact) mass is 422 g/mol. The molecule has 0 aliphatic rings. The number of ether oxygens (including phenoxy) is 1. The molecular weight excluding hydrogens is 398 g/mol. The summed E-state index contributed by atoms with van der Waals surface area (Å²) in [5, 5.41) is 14.4. The molecule has 0 fully saturated rings. The fourth-order valence-electron chi connectivity index (χ4n) is 3.28. The molecule has 0 saturated carbocycles. The average Bonchev–Trinajstić information content (AvgIpc) is 2.76. The molecule has 7 heteroatoms. The summed E-state index contributed by atoms with van der Waals surface area (Å²) in [5.41, 5.74) is 1.44. The molecule has 0 spiro atoms. The Morgan fingerprint density at radius 2 is 1.87 bits per heavy atom. The van der Waals surface area contributed by atoms with Gasteiger partial charge in [-0.3, -0.25) is 4.79 Å². The van der Waals surface area contributed by atoms with Gasteiger partial charge < -0.3 is 24.4 Å². The highest BCUT2D eigenvalue weighted by Crippen LogP contribution is 2.29. The van der Waals surface area contributed by atoms with Gasteiger partial charge in [-0.15, -0.1) is 0 Å². The molecule has 1 aromatic heterocycles. The number of rotatable bonds is 9. The van der Waals surface area contributed by atoms with Crippen molar-refractivity contribution >= 4 is 22.8 Å². The molecule has 31 heavy (non-hydrogen) atoms. The van der Waals surface area contributed by atoms with Crippen molar-refractivity contribution in [3.05, 3.63) is 65.0 Å².